The first-order valence-corrected chi connectivity index (χ1v) is 6.37. The van der Waals surface area contributed by atoms with E-state index in [1.54, 1.807) is 13.3 Å². The number of nitrogens with one attached hydrogen (secondary N) is 2. The van der Waals surface area contributed by atoms with Crippen LogP contribution < -0.4 is 16.6 Å². The molecule has 0 bridgehead atoms. The summed E-state index contributed by atoms with van der Waals surface area (Å²) in [6, 6.07) is 0. The second-order valence-corrected chi connectivity index (χ2v) is 4.27. The fourth-order valence-corrected chi connectivity index (χ4v) is 1.52. The van der Waals surface area contributed by atoms with E-state index >= 15 is 0 Å². The number of anilines is 2. The summed E-state index contributed by atoms with van der Waals surface area (Å²) in [5.41, 5.74) is 2.40. The van der Waals surface area contributed by atoms with E-state index in [2.05, 4.69) is 36.6 Å². The Balaban J connectivity index is 2.22. The van der Waals surface area contributed by atoms with Crippen LogP contribution in [0, 0.1) is 0 Å². The van der Waals surface area contributed by atoms with Gasteiger partial charge in [-0.3, -0.25) is 5.43 Å². The number of ether oxygens (including phenoxy) is 2. The van der Waals surface area contributed by atoms with Crippen LogP contribution in [-0.4, -0.2) is 43.4 Å². The van der Waals surface area contributed by atoms with Crippen molar-refractivity contribution in [2.75, 3.05) is 44.2 Å². The van der Waals surface area contributed by atoms with Crippen LogP contribution in [0.3, 0.4) is 0 Å². The van der Waals surface area contributed by atoms with Crippen molar-refractivity contribution in [3.8, 4) is 0 Å². The molecule has 0 amide bonds. The number of rotatable bonds is 9. The van der Waals surface area contributed by atoms with Crippen molar-refractivity contribution in [1.29, 1.82) is 0 Å². The zero-order chi connectivity index (χ0) is 13.2. The van der Waals surface area contributed by atoms with Crippen molar-refractivity contribution in [2.24, 2.45) is 5.84 Å². The molecule has 7 nitrogen and oxygen atoms in total. The molecule has 0 unspecified atom stereocenters. The number of nitrogens with two attached hydrogens (primary N) is 1. The standard InChI is InChI=1S/C10H18BrN5O2/c1-17-5-6-18-4-2-3-13-9-8(11)7-14-10(15-9)16-12/h7H,2-6,12H2,1H3,(H2,13,14,15,16). The third kappa shape index (κ3) is 5.58. The third-order valence-corrected chi connectivity index (χ3v) is 2.64. The predicted molar refractivity (Wildman–Crippen MR) is 73.3 cm³/mol. The monoisotopic (exact) mass is 319 g/mol. The van der Waals surface area contributed by atoms with Gasteiger partial charge in [-0.2, -0.15) is 4.98 Å². The molecule has 0 aliphatic heterocycles. The van der Waals surface area contributed by atoms with E-state index in [0.29, 0.717) is 31.6 Å². The average Bonchev–Trinajstić information content (AvgIpc) is 2.39. The Hall–Kier alpha value is -0.960. The summed E-state index contributed by atoms with van der Waals surface area (Å²) >= 11 is 3.36. The molecule has 1 rings (SSSR count). The number of aromatic nitrogens is 2. The Labute approximate surface area is 115 Å². The number of hydrogen-bond acceptors (Lipinski definition) is 7. The van der Waals surface area contributed by atoms with Gasteiger partial charge in [0, 0.05) is 26.5 Å². The number of halogens is 1. The molecule has 0 spiro atoms. The van der Waals surface area contributed by atoms with Crippen LogP contribution in [0.4, 0.5) is 11.8 Å². The van der Waals surface area contributed by atoms with E-state index in [9.17, 15) is 0 Å². The van der Waals surface area contributed by atoms with Gasteiger partial charge in [0.15, 0.2) is 0 Å². The van der Waals surface area contributed by atoms with E-state index in [-0.39, 0.29) is 0 Å². The van der Waals surface area contributed by atoms with Crippen molar-refractivity contribution in [1.82, 2.24) is 9.97 Å². The summed E-state index contributed by atoms with van der Waals surface area (Å²) in [5.74, 6) is 6.32. The maximum atomic E-state index is 5.35. The molecule has 0 aliphatic rings. The normalized spacial score (nSPS) is 10.4. The zero-order valence-electron chi connectivity index (χ0n) is 10.3. The molecular weight excluding hydrogens is 302 g/mol. The van der Waals surface area contributed by atoms with E-state index in [1.165, 1.54) is 0 Å². The second kappa shape index (κ2) is 9.03. The predicted octanol–water partition coefficient (Wildman–Crippen LogP) is 0.990. The number of hydrazine groups is 1. The summed E-state index contributed by atoms with van der Waals surface area (Å²) in [4.78, 5) is 8.13. The van der Waals surface area contributed by atoms with E-state index in [0.717, 1.165) is 17.4 Å². The van der Waals surface area contributed by atoms with E-state index < -0.39 is 0 Å². The van der Waals surface area contributed by atoms with Crippen LogP contribution in [-0.2, 0) is 9.47 Å². The summed E-state index contributed by atoms with van der Waals surface area (Å²) < 4.78 is 11.0. The van der Waals surface area contributed by atoms with Crippen LogP contribution in [0.1, 0.15) is 6.42 Å². The zero-order valence-corrected chi connectivity index (χ0v) is 11.9. The first-order chi connectivity index (χ1) is 8.77. The lowest BCUT2D eigenvalue weighted by molar-refractivity contribution is 0.0705. The van der Waals surface area contributed by atoms with Crippen LogP contribution in [0.5, 0.6) is 0 Å². The molecule has 0 aromatic carbocycles. The maximum absolute atomic E-state index is 5.35. The highest BCUT2D eigenvalue weighted by molar-refractivity contribution is 9.10. The van der Waals surface area contributed by atoms with Crippen molar-refractivity contribution >= 4 is 27.7 Å². The molecule has 0 aliphatic carbocycles. The number of nitrogens with zero attached hydrogens (tertiary/aromatic N) is 2. The Bertz CT molecular complexity index is 353. The molecule has 8 heteroatoms. The lowest BCUT2D eigenvalue weighted by Crippen LogP contribution is -2.13. The quantitative estimate of drug-likeness (QED) is 0.355. The minimum Gasteiger partial charge on any atom is -0.382 e. The highest BCUT2D eigenvalue weighted by atomic mass is 79.9. The van der Waals surface area contributed by atoms with Crippen molar-refractivity contribution < 1.29 is 9.47 Å². The van der Waals surface area contributed by atoms with Crippen LogP contribution in [0.2, 0.25) is 0 Å². The SMILES string of the molecule is COCCOCCCNc1nc(NN)ncc1Br. The first kappa shape index (κ1) is 15.1. The Kier molecular flexibility index (Phi) is 7.58. The van der Waals surface area contributed by atoms with Crippen LogP contribution in [0.15, 0.2) is 10.7 Å². The molecule has 4 N–H and O–H groups in total. The van der Waals surface area contributed by atoms with E-state index in [1.807, 2.05) is 0 Å². The lowest BCUT2D eigenvalue weighted by atomic mass is 10.4. The fraction of sp³-hybridized carbons (Fsp3) is 0.600. The summed E-state index contributed by atoms with van der Waals surface area (Å²) in [7, 11) is 1.65. The molecule has 0 atom stereocenters. The molecule has 0 saturated carbocycles. The van der Waals surface area contributed by atoms with Crippen molar-refractivity contribution in [2.45, 2.75) is 6.42 Å². The van der Waals surface area contributed by atoms with Gasteiger partial charge in [-0.25, -0.2) is 10.8 Å². The minimum absolute atomic E-state index is 0.372. The molecule has 18 heavy (non-hydrogen) atoms. The van der Waals surface area contributed by atoms with Crippen molar-refractivity contribution in [3.05, 3.63) is 10.7 Å². The van der Waals surface area contributed by atoms with Gasteiger partial charge < -0.3 is 14.8 Å². The summed E-state index contributed by atoms with van der Waals surface area (Å²) in [6.07, 6.45) is 2.52. The average molecular weight is 320 g/mol. The molecular formula is C10H18BrN5O2. The lowest BCUT2D eigenvalue weighted by Gasteiger charge is -2.08. The molecule has 1 aromatic rings. The highest BCUT2D eigenvalue weighted by Crippen LogP contribution is 2.19. The third-order valence-electron chi connectivity index (χ3n) is 2.06. The smallest absolute Gasteiger partial charge is 0.239 e. The van der Waals surface area contributed by atoms with Crippen LogP contribution in [0.25, 0.3) is 0 Å². The maximum Gasteiger partial charge on any atom is 0.239 e. The van der Waals surface area contributed by atoms with Gasteiger partial charge in [-0.15, -0.1) is 0 Å². The summed E-state index contributed by atoms with van der Waals surface area (Å²) in [6.45, 7) is 2.68. The van der Waals surface area contributed by atoms with Gasteiger partial charge in [0.25, 0.3) is 0 Å². The van der Waals surface area contributed by atoms with Gasteiger partial charge in [0.05, 0.1) is 17.7 Å². The second-order valence-electron chi connectivity index (χ2n) is 3.42. The van der Waals surface area contributed by atoms with Crippen LogP contribution >= 0.6 is 15.9 Å². The molecule has 1 aromatic heterocycles. The topological polar surface area (TPSA) is 94.3 Å². The first-order valence-electron chi connectivity index (χ1n) is 5.57. The van der Waals surface area contributed by atoms with Gasteiger partial charge in [0.1, 0.15) is 5.82 Å². The molecule has 102 valence electrons. The van der Waals surface area contributed by atoms with Gasteiger partial charge in [-0.1, -0.05) is 0 Å². The molecule has 0 radical (unpaired) electrons. The molecule has 1 heterocycles. The highest BCUT2D eigenvalue weighted by Gasteiger charge is 2.03. The van der Waals surface area contributed by atoms with Crippen molar-refractivity contribution in [3.63, 3.8) is 0 Å². The van der Waals surface area contributed by atoms with E-state index in [4.69, 9.17) is 15.3 Å². The summed E-state index contributed by atoms with van der Waals surface area (Å²) in [5, 5.41) is 3.17. The number of nitrogen functional groups attached to an aromatic ring is 1. The Morgan fingerprint density at radius 2 is 2.22 bits per heavy atom. The Morgan fingerprint density at radius 1 is 1.39 bits per heavy atom. The molecule has 0 fully saturated rings. The number of methoxy groups -OCH3 is 1. The van der Waals surface area contributed by atoms with Gasteiger partial charge >= 0.3 is 0 Å². The largest absolute Gasteiger partial charge is 0.382 e. The Morgan fingerprint density at radius 3 is 2.94 bits per heavy atom. The minimum atomic E-state index is 0.372. The van der Waals surface area contributed by atoms with Gasteiger partial charge in [-0.05, 0) is 22.4 Å². The fourth-order valence-electron chi connectivity index (χ4n) is 1.19. The number of hydrogen-bond donors (Lipinski definition) is 3. The van der Waals surface area contributed by atoms with Gasteiger partial charge in [0.2, 0.25) is 5.95 Å². The molecule has 0 saturated heterocycles.